The molecule has 0 atom stereocenters. The van der Waals surface area contributed by atoms with Gasteiger partial charge in [0.25, 0.3) is 0 Å². The van der Waals surface area contributed by atoms with Gasteiger partial charge in [-0.25, -0.2) is 8.42 Å². The van der Waals surface area contributed by atoms with Crippen LogP contribution in [0, 0.1) is 17.2 Å². The van der Waals surface area contributed by atoms with Gasteiger partial charge in [0.2, 0.25) is 10.0 Å². The van der Waals surface area contributed by atoms with E-state index < -0.39 is 16.0 Å². The molecule has 2 rings (SSSR count). The number of hydrogen-bond acceptors (Lipinski definition) is 5. The van der Waals surface area contributed by atoms with E-state index in [2.05, 4.69) is 0 Å². The fraction of sp³-hybridized carbons (Fsp3) is 0.500. The summed E-state index contributed by atoms with van der Waals surface area (Å²) in [5.41, 5.74) is 0.407. The number of esters is 1. The van der Waals surface area contributed by atoms with Crippen molar-refractivity contribution >= 4 is 16.0 Å². The maximum Gasteiger partial charge on any atom is 0.307 e. The Morgan fingerprint density at radius 3 is 2.52 bits per heavy atom. The van der Waals surface area contributed by atoms with Crippen LogP contribution in [0.3, 0.4) is 0 Å². The fourth-order valence-corrected chi connectivity index (χ4v) is 3.71. The molecule has 1 aromatic rings. The molecular formula is C16H20N2O4S. The second-order valence-electron chi connectivity index (χ2n) is 5.50. The zero-order valence-corrected chi connectivity index (χ0v) is 13.9. The van der Waals surface area contributed by atoms with E-state index in [1.54, 1.807) is 6.92 Å². The second kappa shape index (κ2) is 7.57. The third-order valence-electron chi connectivity index (χ3n) is 3.65. The third kappa shape index (κ3) is 4.78. The summed E-state index contributed by atoms with van der Waals surface area (Å²) in [6.07, 6.45) is 2.06. The normalized spacial score (nSPS) is 14.5. The zero-order valence-electron chi connectivity index (χ0n) is 13.1. The van der Waals surface area contributed by atoms with Crippen molar-refractivity contribution in [3.05, 3.63) is 29.8 Å². The smallest absolute Gasteiger partial charge is 0.307 e. The minimum atomic E-state index is -3.68. The van der Waals surface area contributed by atoms with Gasteiger partial charge < -0.3 is 4.74 Å². The lowest BCUT2D eigenvalue weighted by Crippen LogP contribution is -2.35. The van der Waals surface area contributed by atoms with Gasteiger partial charge >= 0.3 is 5.97 Å². The Balaban J connectivity index is 2.14. The van der Waals surface area contributed by atoms with Gasteiger partial charge in [0.1, 0.15) is 0 Å². The summed E-state index contributed by atoms with van der Waals surface area (Å²) in [5.74, 6) is -0.0336. The lowest BCUT2D eigenvalue weighted by molar-refractivity contribution is -0.143. The van der Waals surface area contributed by atoms with Crippen LogP contribution >= 0.6 is 0 Å². The van der Waals surface area contributed by atoms with Crippen molar-refractivity contribution in [3.63, 3.8) is 0 Å². The van der Waals surface area contributed by atoms with E-state index in [1.807, 2.05) is 6.07 Å². The zero-order chi connectivity index (χ0) is 16.9. The van der Waals surface area contributed by atoms with E-state index in [0.717, 1.165) is 12.8 Å². The highest BCUT2D eigenvalue weighted by atomic mass is 32.2. The quantitative estimate of drug-likeness (QED) is 0.677. The van der Waals surface area contributed by atoms with Crippen LogP contribution in [0.25, 0.3) is 0 Å². The monoisotopic (exact) mass is 336 g/mol. The lowest BCUT2D eigenvalue weighted by atomic mass is 10.2. The number of carbonyl (C=O) groups excluding carboxylic acids is 1. The molecule has 0 N–H and O–H groups in total. The molecule has 0 saturated heterocycles. The summed E-state index contributed by atoms with van der Waals surface area (Å²) in [7, 11) is -3.68. The number of rotatable bonds is 8. The number of hydrogen-bond donors (Lipinski definition) is 0. The van der Waals surface area contributed by atoms with Crippen molar-refractivity contribution in [2.75, 3.05) is 19.7 Å². The number of nitriles is 1. The predicted octanol–water partition coefficient (Wildman–Crippen LogP) is 1.91. The molecular weight excluding hydrogens is 316 g/mol. The fourth-order valence-electron chi connectivity index (χ4n) is 2.20. The first-order valence-corrected chi connectivity index (χ1v) is 9.07. The van der Waals surface area contributed by atoms with Gasteiger partial charge in [-0.05, 0) is 49.9 Å². The van der Waals surface area contributed by atoms with E-state index in [9.17, 15) is 13.2 Å². The Kier molecular flexibility index (Phi) is 5.74. The molecule has 1 fully saturated rings. The van der Waals surface area contributed by atoms with Crippen LogP contribution in [-0.2, 0) is 19.6 Å². The molecule has 1 aromatic carbocycles. The molecule has 1 saturated carbocycles. The average molecular weight is 336 g/mol. The lowest BCUT2D eigenvalue weighted by Gasteiger charge is -2.21. The summed E-state index contributed by atoms with van der Waals surface area (Å²) in [6.45, 7) is 2.52. The highest BCUT2D eigenvalue weighted by molar-refractivity contribution is 7.89. The molecule has 124 valence electrons. The first-order chi connectivity index (χ1) is 11.0. The van der Waals surface area contributed by atoms with Crippen molar-refractivity contribution in [1.82, 2.24) is 4.31 Å². The first kappa shape index (κ1) is 17.4. The number of nitrogens with zero attached hydrogens (tertiary/aromatic N) is 2. The van der Waals surface area contributed by atoms with Crippen LogP contribution in [-0.4, -0.2) is 38.4 Å². The molecule has 1 aliphatic rings. The Labute approximate surface area is 136 Å². The molecule has 0 spiro atoms. The average Bonchev–Trinajstić information content (AvgIpc) is 3.35. The van der Waals surface area contributed by atoms with Crippen molar-refractivity contribution in [2.45, 2.75) is 31.1 Å². The van der Waals surface area contributed by atoms with Crippen LogP contribution < -0.4 is 0 Å². The summed E-state index contributed by atoms with van der Waals surface area (Å²) in [6, 6.07) is 7.78. The van der Waals surface area contributed by atoms with Crippen molar-refractivity contribution in [2.24, 2.45) is 5.92 Å². The van der Waals surface area contributed by atoms with Gasteiger partial charge in [-0.15, -0.1) is 0 Å². The Morgan fingerprint density at radius 2 is 2.00 bits per heavy atom. The number of sulfonamides is 1. The summed E-state index contributed by atoms with van der Waals surface area (Å²) >= 11 is 0. The summed E-state index contributed by atoms with van der Waals surface area (Å²) in [4.78, 5) is 11.7. The maximum atomic E-state index is 12.8. The summed E-state index contributed by atoms with van der Waals surface area (Å²) in [5, 5.41) is 8.80. The van der Waals surface area contributed by atoms with Crippen molar-refractivity contribution in [3.8, 4) is 6.07 Å². The minimum absolute atomic E-state index is 0.0378. The minimum Gasteiger partial charge on any atom is -0.466 e. The van der Waals surface area contributed by atoms with Crippen molar-refractivity contribution in [1.29, 1.82) is 5.26 Å². The van der Waals surface area contributed by atoms with E-state index in [1.165, 1.54) is 28.6 Å². The SMILES string of the molecule is CCOC(=O)CCN(CC1CC1)S(=O)(=O)c1ccc(C#N)cc1. The van der Waals surface area contributed by atoms with E-state index in [-0.39, 0.29) is 24.5 Å². The molecule has 0 heterocycles. The van der Waals surface area contributed by atoms with Crippen LogP contribution in [0.15, 0.2) is 29.2 Å². The van der Waals surface area contributed by atoms with E-state index >= 15 is 0 Å². The number of ether oxygens (including phenoxy) is 1. The van der Waals surface area contributed by atoms with Crippen LogP contribution in [0.2, 0.25) is 0 Å². The Bertz CT molecular complexity index is 688. The first-order valence-electron chi connectivity index (χ1n) is 7.63. The Hall–Kier alpha value is -1.91. The molecule has 23 heavy (non-hydrogen) atoms. The van der Waals surface area contributed by atoms with Gasteiger partial charge in [0, 0.05) is 13.1 Å². The molecule has 0 aromatic heterocycles. The predicted molar refractivity (Wildman–Crippen MR) is 83.9 cm³/mol. The topological polar surface area (TPSA) is 87.5 Å². The second-order valence-corrected chi connectivity index (χ2v) is 7.44. The standard InChI is InChI=1S/C16H20N2O4S/c1-2-22-16(19)9-10-18(12-14-3-4-14)23(20,21)15-7-5-13(11-17)6-8-15/h5-8,14H,2-4,9-10,12H2,1H3. The van der Waals surface area contributed by atoms with Crippen LogP contribution in [0.5, 0.6) is 0 Å². The highest BCUT2D eigenvalue weighted by Crippen LogP contribution is 2.31. The van der Waals surface area contributed by atoms with Crippen LogP contribution in [0.4, 0.5) is 0 Å². The highest BCUT2D eigenvalue weighted by Gasteiger charge is 2.32. The van der Waals surface area contributed by atoms with Crippen molar-refractivity contribution < 1.29 is 17.9 Å². The summed E-state index contributed by atoms with van der Waals surface area (Å²) < 4.78 is 31.7. The van der Waals surface area contributed by atoms with Gasteiger partial charge in [-0.1, -0.05) is 0 Å². The molecule has 0 bridgehead atoms. The molecule has 7 heteroatoms. The number of benzene rings is 1. The van der Waals surface area contributed by atoms with Gasteiger partial charge in [-0.3, -0.25) is 4.79 Å². The maximum absolute atomic E-state index is 12.8. The number of carbonyl (C=O) groups is 1. The largest absolute Gasteiger partial charge is 0.466 e. The van der Waals surface area contributed by atoms with E-state index in [0.29, 0.717) is 18.0 Å². The molecule has 0 aliphatic heterocycles. The molecule has 0 radical (unpaired) electrons. The molecule has 0 unspecified atom stereocenters. The molecule has 1 aliphatic carbocycles. The van der Waals surface area contributed by atoms with Crippen LogP contribution in [0.1, 0.15) is 31.7 Å². The van der Waals surface area contributed by atoms with Gasteiger partial charge in [-0.2, -0.15) is 9.57 Å². The molecule has 6 nitrogen and oxygen atoms in total. The third-order valence-corrected chi connectivity index (χ3v) is 5.53. The van der Waals surface area contributed by atoms with Gasteiger partial charge in [0.15, 0.2) is 0 Å². The Morgan fingerprint density at radius 1 is 1.35 bits per heavy atom. The molecule has 0 amide bonds. The van der Waals surface area contributed by atoms with E-state index in [4.69, 9.17) is 10.00 Å². The van der Waals surface area contributed by atoms with Gasteiger partial charge in [0.05, 0.1) is 29.6 Å².